The zero-order valence-electron chi connectivity index (χ0n) is 6.90. The van der Waals surface area contributed by atoms with E-state index >= 15 is 0 Å². The molecule has 0 amide bonds. The number of rotatable bonds is 0. The van der Waals surface area contributed by atoms with Crippen molar-refractivity contribution in [1.82, 2.24) is 0 Å². The number of fused-ring (bicyclic) bond motifs is 1. The zero-order valence-corrected chi connectivity index (χ0v) is 6.90. The number of ether oxygens (including phenoxy) is 1. The molecule has 0 radical (unpaired) electrons. The number of hydrogen-bond donors (Lipinski definition) is 2. The molecule has 0 saturated carbocycles. The van der Waals surface area contributed by atoms with E-state index in [2.05, 4.69) is 0 Å². The van der Waals surface area contributed by atoms with Gasteiger partial charge in [0.05, 0.1) is 6.04 Å². The average Bonchev–Trinajstić information content (AvgIpc) is 2.12. The van der Waals surface area contributed by atoms with Gasteiger partial charge in [-0.25, -0.2) is 4.39 Å². The van der Waals surface area contributed by atoms with Gasteiger partial charge in [-0.05, 0) is 18.2 Å². The van der Waals surface area contributed by atoms with Crippen LogP contribution in [0.2, 0.25) is 0 Å². The first-order chi connectivity index (χ1) is 6.18. The molecule has 0 aliphatic carbocycles. The SMILES string of the molecule is N[C@H]1c2cc(F)ccc2OC[C@H]1O. The van der Waals surface area contributed by atoms with E-state index in [9.17, 15) is 9.50 Å². The second kappa shape index (κ2) is 2.97. The van der Waals surface area contributed by atoms with E-state index in [1.807, 2.05) is 0 Å². The molecule has 70 valence electrons. The topological polar surface area (TPSA) is 55.5 Å². The predicted octanol–water partition coefficient (Wildman–Crippen LogP) is 0.579. The van der Waals surface area contributed by atoms with E-state index in [1.54, 1.807) is 0 Å². The number of hydrogen-bond acceptors (Lipinski definition) is 3. The fourth-order valence-corrected chi connectivity index (χ4v) is 1.40. The molecule has 0 aromatic heterocycles. The molecule has 3 N–H and O–H groups in total. The summed E-state index contributed by atoms with van der Waals surface area (Å²) in [7, 11) is 0. The Balaban J connectivity index is 2.45. The van der Waals surface area contributed by atoms with Crippen molar-refractivity contribution in [1.29, 1.82) is 0 Å². The van der Waals surface area contributed by atoms with Gasteiger partial charge in [0.2, 0.25) is 0 Å². The molecule has 3 nitrogen and oxygen atoms in total. The first-order valence-electron chi connectivity index (χ1n) is 4.04. The third-order valence-corrected chi connectivity index (χ3v) is 2.16. The molecule has 0 bridgehead atoms. The zero-order chi connectivity index (χ0) is 9.42. The van der Waals surface area contributed by atoms with Gasteiger partial charge in [0.1, 0.15) is 24.3 Å². The average molecular weight is 183 g/mol. The lowest BCUT2D eigenvalue weighted by Gasteiger charge is -2.27. The minimum atomic E-state index is -0.755. The van der Waals surface area contributed by atoms with Crippen LogP contribution in [0.25, 0.3) is 0 Å². The highest BCUT2D eigenvalue weighted by molar-refractivity contribution is 5.38. The van der Waals surface area contributed by atoms with E-state index in [0.29, 0.717) is 11.3 Å². The highest BCUT2D eigenvalue weighted by Crippen LogP contribution is 2.30. The molecule has 1 aliphatic heterocycles. The van der Waals surface area contributed by atoms with E-state index in [1.165, 1.54) is 18.2 Å². The Kier molecular flexibility index (Phi) is 1.94. The second-order valence-corrected chi connectivity index (χ2v) is 3.09. The number of aliphatic hydroxyl groups is 1. The van der Waals surface area contributed by atoms with Gasteiger partial charge in [-0.1, -0.05) is 0 Å². The van der Waals surface area contributed by atoms with Gasteiger partial charge in [-0.3, -0.25) is 0 Å². The number of nitrogens with two attached hydrogens (primary N) is 1. The Morgan fingerprint density at radius 1 is 1.54 bits per heavy atom. The quantitative estimate of drug-likeness (QED) is 0.618. The van der Waals surface area contributed by atoms with Gasteiger partial charge in [-0.2, -0.15) is 0 Å². The summed E-state index contributed by atoms with van der Waals surface area (Å²) in [5.74, 6) is 0.186. The predicted molar refractivity (Wildman–Crippen MR) is 44.8 cm³/mol. The molecule has 1 heterocycles. The van der Waals surface area contributed by atoms with Crippen LogP contribution in [0, 0.1) is 5.82 Å². The molecule has 1 aromatic carbocycles. The Labute approximate surface area is 74.9 Å². The molecule has 0 spiro atoms. The van der Waals surface area contributed by atoms with Crippen molar-refractivity contribution in [3.05, 3.63) is 29.6 Å². The summed E-state index contributed by atoms with van der Waals surface area (Å²) in [4.78, 5) is 0. The van der Waals surface area contributed by atoms with E-state index in [0.717, 1.165) is 0 Å². The lowest BCUT2D eigenvalue weighted by molar-refractivity contribution is 0.0676. The lowest BCUT2D eigenvalue weighted by atomic mass is 9.99. The smallest absolute Gasteiger partial charge is 0.124 e. The van der Waals surface area contributed by atoms with Crippen LogP contribution in [0.3, 0.4) is 0 Å². The monoisotopic (exact) mass is 183 g/mol. The maximum Gasteiger partial charge on any atom is 0.124 e. The van der Waals surface area contributed by atoms with Crippen molar-refractivity contribution < 1.29 is 14.2 Å². The maximum absolute atomic E-state index is 12.8. The van der Waals surface area contributed by atoms with Gasteiger partial charge >= 0.3 is 0 Å². The highest BCUT2D eigenvalue weighted by atomic mass is 19.1. The van der Waals surface area contributed by atoms with Crippen LogP contribution >= 0.6 is 0 Å². The van der Waals surface area contributed by atoms with Crippen LogP contribution < -0.4 is 10.5 Å². The van der Waals surface area contributed by atoms with Crippen LogP contribution in [-0.4, -0.2) is 17.8 Å². The summed E-state index contributed by atoms with van der Waals surface area (Å²) in [6, 6.07) is 3.57. The molecule has 0 unspecified atom stereocenters. The van der Waals surface area contributed by atoms with Gasteiger partial charge in [0.15, 0.2) is 0 Å². The number of halogens is 1. The maximum atomic E-state index is 12.8. The summed E-state index contributed by atoms with van der Waals surface area (Å²) in [5, 5.41) is 9.34. The normalized spacial score (nSPS) is 26.4. The lowest BCUT2D eigenvalue weighted by Crippen LogP contribution is -2.35. The van der Waals surface area contributed by atoms with Crippen molar-refractivity contribution in [2.24, 2.45) is 5.73 Å². The third kappa shape index (κ3) is 1.38. The molecular formula is C9H10FNO2. The molecule has 1 aromatic rings. The van der Waals surface area contributed by atoms with Crippen molar-refractivity contribution in [2.45, 2.75) is 12.1 Å². The Hall–Kier alpha value is -1.13. The molecule has 2 atom stereocenters. The van der Waals surface area contributed by atoms with Crippen molar-refractivity contribution >= 4 is 0 Å². The number of aliphatic hydroxyl groups excluding tert-OH is 1. The molecule has 2 rings (SSSR count). The Bertz CT molecular complexity index is 329. The first kappa shape index (κ1) is 8.47. The largest absolute Gasteiger partial charge is 0.490 e. The fraction of sp³-hybridized carbons (Fsp3) is 0.333. The second-order valence-electron chi connectivity index (χ2n) is 3.09. The summed E-state index contributed by atoms with van der Waals surface area (Å²) < 4.78 is 18.0. The summed E-state index contributed by atoms with van der Waals surface area (Å²) in [5.41, 5.74) is 6.19. The van der Waals surface area contributed by atoms with E-state index < -0.39 is 12.1 Å². The minimum absolute atomic E-state index is 0.166. The Morgan fingerprint density at radius 2 is 2.31 bits per heavy atom. The van der Waals surface area contributed by atoms with Crippen LogP contribution in [-0.2, 0) is 0 Å². The molecule has 0 saturated heterocycles. The summed E-state index contributed by atoms with van der Waals surface area (Å²) >= 11 is 0. The van der Waals surface area contributed by atoms with Gasteiger partial charge < -0.3 is 15.6 Å². The minimum Gasteiger partial charge on any atom is -0.490 e. The van der Waals surface area contributed by atoms with Crippen molar-refractivity contribution in [3.63, 3.8) is 0 Å². The molecule has 4 heteroatoms. The van der Waals surface area contributed by atoms with Crippen LogP contribution in [0.4, 0.5) is 4.39 Å². The van der Waals surface area contributed by atoms with Crippen LogP contribution in [0.5, 0.6) is 5.75 Å². The van der Waals surface area contributed by atoms with Gasteiger partial charge in [0.25, 0.3) is 0 Å². The molecule has 13 heavy (non-hydrogen) atoms. The Morgan fingerprint density at radius 3 is 3.08 bits per heavy atom. The van der Waals surface area contributed by atoms with Crippen molar-refractivity contribution in [3.8, 4) is 5.75 Å². The highest BCUT2D eigenvalue weighted by Gasteiger charge is 2.26. The molecule has 0 fully saturated rings. The van der Waals surface area contributed by atoms with Crippen LogP contribution in [0.1, 0.15) is 11.6 Å². The first-order valence-corrected chi connectivity index (χ1v) is 4.04. The third-order valence-electron chi connectivity index (χ3n) is 2.16. The standard InChI is InChI=1S/C9H10FNO2/c10-5-1-2-8-6(3-5)9(11)7(12)4-13-8/h1-3,7,9,12H,4,11H2/t7-,9+/m1/s1. The van der Waals surface area contributed by atoms with E-state index in [-0.39, 0.29) is 12.4 Å². The van der Waals surface area contributed by atoms with Crippen molar-refractivity contribution in [2.75, 3.05) is 6.61 Å². The summed E-state index contributed by atoms with van der Waals surface area (Å²) in [6.07, 6.45) is -0.755. The fourth-order valence-electron chi connectivity index (χ4n) is 1.40. The van der Waals surface area contributed by atoms with Crippen LogP contribution in [0.15, 0.2) is 18.2 Å². The van der Waals surface area contributed by atoms with E-state index in [4.69, 9.17) is 10.5 Å². The number of benzene rings is 1. The molecular weight excluding hydrogens is 173 g/mol. The van der Waals surface area contributed by atoms with Gasteiger partial charge in [-0.15, -0.1) is 0 Å². The summed E-state index contributed by atoms with van der Waals surface area (Å²) in [6.45, 7) is 0.166. The molecule has 1 aliphatic rings. The van der Waals surface area contributed by atoms with Gasteiger partial charge in [0, 0.05) is 5.56 Å².